The zero-order valence-corrected chi connectivity index (χ0v) is 18.8. The zero-order chi connectivity index (χ0) is 19.4. The van der Waals surface area contributed by atoms with E-state index >= 15 is 0 Å². The largest absolute Gasteiger partial charge is 0.463 e. The molecule has 2 aromatic rings. The van der Waals surface area contributed by atoms with Crippen LogP contribution in [0.3, 0.4) is 0 Å². The molecule has 0 saturated carbocycles. The fraction of sp³-hybridized carbons (Fsp3) is 0.632. The van der Waals surface area contributed by atoms with Crippen molar-refractivity contribution < 1.29 is 9.53 Å². The summed E-state index contributed by atoms with van der Waals surface area (Å²) in [7, 11) is 0. The SMILES string of the molecule is Cc1nn(C(C)C)c2c(SCCC(=O)OC(C)CC(C)C)cc(Br)nc12. The van der Waals surface area contributed by atoms with Gasteiger partial charge >= 0.3 is 5.97 Å². The number of ether oxygens (including phenoxy) is 1. The third-order valence-electron chi connectivity index (χ3n) is 3.94. The van der Waals surface area contributed by atoms with Gasteiger partial charge in [0.25, 0.3) is 0 Å². The Labute approximate surface area is 168 Å². The second kappa shape index (κ2) is 9.22. The number of thioether (sulfide) groups is 1. The van der Waals surface area contributed by atoms with Gasteiger partial charge in [-0.3, -0.25) is 9.48 Å². The molecule has 0 aliphatic carbocycles. The van der Waals surface area contributed by atoms with Crippen LogP contribution in [0.25, 0.3) is 11.0 Å². The van der Waals surface area contributed by atoms with E-state index in [1.54, 1.807) is 11.8 Å². The molecule has 0 radical (unpaired) electrons. The minimum atomic E-state index is -0.136. The summed E-state index contributed by atoms with van der Waals surface area (Å²) in [6, 6.07) is 2.25. The molecule has 7 heteroatoms. The highest BCUT2D eigenvalue weighted by atomic mass is 79.9. The highest BCUT2D eigenvalue weighted by Gasteiger charge is 2.17. The second-order valence-corrected chi connectivity index (χ2v) is 9.24. The smallest absolute Gasteiger partial charge is 0.306 e. The Kier molecular flexibility index (Phi) is 7.52. The Morgan fingerprint density at radius 1 is 1.31 bits per heavy atom. The number of hydrogen-bond donors (Lipinski definition) is 0. The average Bonchev–Trinajstić information content (AvgIpc) is 2.83. The summed E-state index contributed by atoms with van der Waals surface area (Å²) in [6.45, 7) is 12.4. The Balaban J connectivity index is 2.08. The molecule has 26 heavy (non-hydrogen) atoms. The van der Waals surface area contributed by atoms with Crippen LogP contribution >= 0.6 is 27.7 Å². The number of carbonyl (C=O) groups excluding carboxylic acids is 1. The first-order valence-electron chi connectivity index (χ1n) is 9.06. The summed E-state index contributed by atoms with van der Waals surface area (Å²) in [4.78, 5) is 17.7. The lowest BCUT2D eigenvalue weighted by molar-refractivity contribution is -0.148. The van der Waals surface area contributed by atoms with Crippen LogP contribution < -0.4 is 0 Å². The minimum Gasteiger partial charge on any atom is -0.463 e. The molecule has 5 nitrogen and oxygen atoms in total. The van der Waals surface area contributed by atoms with Gasteiger partial charge in [-0.15, -0.1) is 11.8 Å². The lowest BCUT2D eigenvalue weighted by atomic mass is 10.1. The molecule has 0 aliphatic rings. The van der Waals surface area contributed by atoms with Crippen LogP contribution in [0, 0.1) is 12.8 Å². The fourth-order valence-electron chi connectivity index (χ4n) is 2.94. The van der Waals surface area contributed by atoms with Gasteiger partial charge in [-0.1, -0.05) is 13.8 Å². The summed E-state index contributed by atoms with van der Waals surface area (Å²) >= 11 is 5.13. The van der Waals surface area contributed by atoms with E-state index in [-0.39, 0.29) is 18.1 Å². The highest BCUT2D eigenvalue weighted by molar-refractivity contribution is 9.10. The van der Waals surface area contributed by atoms with Crippen molar-refractivity contribution in [2.45, 2.75) is 71.4 Å². The number of esters is 1. The maximum absolute atomic E-state index is 12.1. The van der Waals surface area contributed by atoms with E-state index in [0.717, 1.165) is 32.6 Å². The average molecular weight is 442 g/mol. The maximum atomic E-state index is 12.1. The molecule has 1 atom stereocenters. The van der Waals surface area contributed by atoms with E-state index in [0.29, 0.717) is 18.1 Å². The maximum Gasteiger partial charge on any atom is 0.306 e. The van der Waals surface area contributed by atoms with Crippen LogP contribution in [0.1, 0.15) is 59.2 Å². The van der Waals surface area contributed by atoms with E-state index in [2.05, 4.69) is 53.7 Å². The van der Waals surface area contributed by atoms with Gasteiger partial charge in [-0.2, -0.15) is 5.10 Å². The van der Waals surface area contributed by atoms with Gasteiger partial charge in [0, 0.05) is 16.7 Å². The molecule has 0 aromatic carbocycles. The van der Waals surface area contributed by atoms with Gasteiger partial charge in [0.15, 0.2) is 0 Å². The van der Waals surface area contributed by atoms with Crippen molar-refractivity contribution in [2.75, 3.05) is 5.75 Å². The summed E-state index contributed by atoms with van der Waals surface area (Å²) in [5.74, 6) is 1.05. The Hall–Kier alpha value is -1.08. The van der Waals surface area contributed by atoms with Crippen molar-refractivity contribution >= 4 is 44.7 Å². The molecule has 1 unspecified atom stereocenters. The number of pyridine rings is 1. The number of aromatic nitrogens is 3. The number of aryl methyl sites for hydroxylation is 1. The van der Waals surface area contributed by atoms with Crippen molar-refractivity contribution in [3.8, 4) is 0 Å². The molecule has 0 N–H and O–H groups in total. The fourth-order valence-corrected chi connectivity index (χ4v) is 4.51. The topological polar surface area (TPSA) is 57.0 Å². The van der Waals surface area contributed by atoms with Crippen molar-refractivity contribution in [2.24, 2.45) is 5.92 Å². The van der Waals surface area contributed by atoms with Crippen LogP contribution in [0.2, 0.25) is 0 Å². The standard InChI is InChI=1S/C19H28BrN3O2S/c1-11(2)9-13(5)25-17(24)7-8-26-15-10-16(20)21-18-14(6)22-23(12(3)4)19(15)18/h10-13H,7-9H2,1-6H3. The van der Waals surface area contributed by atoms with E-state index in [1.807, 2.05) is 24.6 Å². The molecule has 144 valence electrons. The Bertz CT molecular complexity index is 774. The van der Waals surface area contributed by atoms with Crippen molar-refractivity contribution in [3.63, 3.8) is 0 Å². The Morgan fingerprint density at radius 2 is 2.00 bits per heavy atom. The predicted molar refractivity (Wildman–Crippen MR) is 111 cm³/mol. The molecular weight excluding hydrogens is 414 g/mol. The molecular formula is C19H28BrN3O2S. The van der Waals surface area contributed by atoms with E-state index < -0.39 is 0 Å². The van der Waals surface area contributed by atoms with Crippen LogP contribution in [0.15, 0.2) is 15.6 Å². The van der Waals surface area contributed by atoms with Gasteiger partial charge in [-0.05, 0) is 62.0 Å². The number of fused-ring (bicyclic) bond motifs is 1. The van der Waals surface area contributed by atoms with Crippen LogP contribution in [-0.2, 0) is 9.53 Å². The molecule has 0 fully saturated rings. The first-order chi connectivity index (χ1) is 12.2. The number of carbonyl (C=O) groups is 1. The van der Waals surface area contributed by atoms with Gasteiger partial charge in [0.2, 0.25) is 0 Å². The lowest BCUT2D eigenvalue weighted by Gasteiger charge is -2.15. The van der Waals surface area contributed by atoms with Gasteiger partial charge in [-0.25, -0.2) is 4.98 Å². The third-order valence-corrected chi connectivity index (χ3v) is 5.38. The van der Waals surface area contributed by atoms with Gasteiger partial charge < -0.3 is 4.74 Å². The minimum absolute atomic E-state index is 0.0284. The lowest BCUT2D eigenvalue weighted by Crippen LogP contribution is -2.17. The number of halogens is 1. The Morgan fingerprint density at radius 3 is 2.62 bits per heavy atom. The molecule has 0 amide bonds. The molecule has 0 spiro atoms. The molecule has 2 aromatic heterocycles. The summed E-state index contributed by atoms with van der Waals surface area (Å²) < 4.78 is 8.28. The normalized spacial score (nSPS) is 13.0. The molecule has 2 heterocycles. The van der Waals surface area contributed by atoms with E-state index in [4.69, 9.17) is 4.74 Å². The molecule has 0 aliphatic heterocycles. The van der Waals surface area contributed by atoms with Gasteiger partial charge in [0.05, 0.1) is 18.2 Å². The van der Waals surface area contributed by atoms with E-state index in [9.17, 15) is 4.79 Å². The molecule has 2 rings (SSSR count). The number of hydrogen-bond acceptors (Lipinski definition) is 5. The zero-order valence-electron chi connectivity index (χ0n) is 16.4. The third kappa shape index (κ3) is 5.46. The summed E-state index contributed by atoms with van der Waals surface area (Å²) in [5.41, 5.74) is 2.86. The number of rotatable bonds is 8. The predicted octanol–water partition coefficient (Wildman–Crippen LogP) is 5.54. The number of nitrogens with zero attached hydrogens (tertiary/aromatic N) is 3. The second-order valence-electron chi connectivity index (χ2n) is 7.29. The van der Waals surface area contributed by atoms with Crippen LogP contribution in [0.4, 0.5) is 0 Å². The summed E-state index contributed by atoms with van der Waals surface area (Å²) in [5, 5.41) is 4.63. The van der Waals surface area contributed by atoms with Crippen molar-refractivity contribution in [3.05, 3.63) is 16.4 Å². The van der Waals surface area contributed by atoms with Crippen LogP contribution in [0.5, 0.6) is 0 Å². The first kappa shape index (κ1) is 21.2. The quantitative estimate of drug-likeness (QED) is 0.305. The van der Waals surface area contributed by atoms with E-state index in [1.165, 1.54) is 0 Å². The van der Waals surface area contributed by atoms with Crippen LogP contribution in [-0.4, -0.2) is 32.6 Å². The van der Waals surface area contributed by atoms with Gasteiger partial charge in [0.1, 0.15) is 15.6 Å². The molecule has 0 saturated heterocycles. The first-order valence-corrected chi connectivity index (χ1v) is 10.8. The summed E-state index contributed by atoms with van der Waals surface area (Å²) in [6.07, 6.45) is 1.26. The monoisotopic (exact) mass is 441 g/mol. The molecule has 0 bridgehead atoms. The van der Waals surface area contributed by atoms with Crippen molar-refractivity contribution in [1.29, 1.82) is 0 Å². The van der Waals surface area contributed by atoms with Crippen molar-refractivity contribution in [1.82, 2.24) is 14.8 Å². The highest BCUT2D eigenvalue weighted by Crippen LogP contribution is 2.33.